The number of benzene rings is 2. The van der Waals surface area contributed by atoms with E-state index in [4.69, 9.17) is 11.6 Å². The van der Waals surface area contributed by atoms with Gasteiger partial charge in [0.2, 0.25) is 5.91 Å². The van der Waals surface area contributed by atoms with Crippen molar-refractivity contribution < 1.29 is 9.59 Å². The van der Waals surface area contributed by atoms with Crippen LogP contribution in [0, 0.1) is 0 Å². The number of hydrogen-bond acceptors (Lipinski definition) is 3. The molecule has 3 aromatic rings. The fourth-order valence-electron chi connectivity index (χ4n) is 4.52. The van der Waals surface area contributed by atoms with Gasteiger partial charge in [-0.25, -0.2) is 0 Å². The van der Waals surface area contributed by atoms with Crippen molar-refractivity contribution >= 4 is 23.4 Å². The molecule has 7 heteroatoms. The van der Waals surface area contributed by atoms with Gasteiger partial charge in [0.1, 0.15) is 6.54 Å². The Kier molecular flexibility index (Phi) is 5.24. The predicted octanol–water partition coefficient (Wildman–Crippen LogP) is 3.73. The maximum atomic E-state index is 12.8. The van der Waals surface area contributed by atoms with Crippen molar-refractivity contribution in [3.63, 3.8) is 0 Å². The van der Waals surface area contributed by atoms with Gasteiger partial charge in [-0.3, -0.25) is 14.3 Å². The van der Waals surface area contributed by atoms with E-state index >= 15 is 0 Å². The standard InChI is InChI=1S/C24H23ClN4O2/c25-18-10-8-16(9-11-18)13-29-22-7-3-6-21(20(22)12-26-29)27-23(30)15-28-14-17-4-1-2-5-19(17)24(28)31/h1-2,4-5,8-12,21H,3,6-7,13-15H2,(H,27,30). The molecule has 1 aromatic heterocycles. The fourth-order valence-corrected chi connectivity index (χ4v) is 4.65. The minimum Gasteiger partial charge on any atom is -0.348 e. The van der Waals surface area contributed by atoms with Crippen molar-refractivity contribution in [2.45, 2.75) is 38.4 Å². The van der Waals surface area contributed by atoms with Crippen LogP contribution in [-0.2, 0) is 24.3 Å². The topological polar surface area (TPSA) is 67.2 Å². The number of halogens is 1. The van der Waals surface area contributed by atoms with Crippen molar-refractivity contribution in [2.75, 3.05) is 6.54 Å². The first-order valence-electron chi connectivity index (χ1n) is 10.5. The molecule has 31 heavy (non-hydrogen) atoms. The van der Waals surface area contributed by atoms with Gasteiger partial charge in [-0.1, -0.05) is 41.9 Å². The number of carbonyl (C=O) groups is 2. The average Bonchev–Trinajstić information content (AvgIpc) is 3.32. The molecule has 2 amide bonds. The summed E-state index contributed by atoms with van der Waals surface area (Å²) in [5.41, 5.74) is 5.04. The van der Waals surface area contributed by atoms with E-state index in [1.165, 1.54) is 0 Å². The van der Waals surface area contributed by atoms with E-state index in [0.29, 0.717) is 23.7 Å². The molecule has 1 aliphatic heterocycles. The van der Waals surface area contributed by atoms with E-state index in [0.717, 1.165) is 41.6 Å². The number of rotatable bonds is 5. The number of aromatic nitrogens is 2. The Labute approximate surface area is 185 Å². The van der Waals surface area contributed by atoms with E-state index in [1.54, 1.807) is 4.90 Å². The van der Waals surface area contributed by atoms with Crippen LogP contribution < -0.4 is 5.32 Å². The third kappa shape index (κ3) is 3.95. The van der Waals surface area contributed by atoms with Gasteiger partial charge in [0.25, 0.3) is 5.91 Å². The van der Waals surface area contributed by atoms with Gasteiger partial charge in [0.05, 0.1) is 18.8 Å². The van der Waals surface area contributed by atoms with E-state index in [2.05, 4.69) is 10.4 Å². The zero-order valence-electron chi connectivity index (χ0n) is 17.1. The SMILES string of the molecule is O=C(CN1Cc2ccccc2C1=O)NC1CCCc2c1cnn2Cc1ccc(Cl)cc1. The highest BCUT2D eigenvalue weighted by Crippen LogP contribution is 2.30. The van der Waals surface area contributed by atoms with Crippen LogP contribution in [0.5, 0.6) is 0 Å². The lowest BCUT2D eigenvalue weighted by atomic mass is 9.93. The van der Waals surface area contributed by atoms with Gasteiger partial charge in [-0.05, 0) is 48.6 Å². The normalized spacial score (nSPS) is 17.4. The van der Waals surface area contributed by atoms with Crippen molar-refractivity contribution in [3.05, 3.63) is 87.7 Å². The molecule has 2 aromatic carbocycles. The third-order valence-corrected chi connectivity index (χ3v) is 6.33. The Balaban J connectivity index is 1.26. The van der Waals surface area contributed by atoms with Gasteiger partial charge in [0.15, 0.2) is 0 Å². The summed E-state index contributed by atoms with van der Waals surface area (Å²) >= 11 is 5.99. The monoisotopic (exact) mass is 434 g/mol. The van der Waals surface area contributed by atoms with Crippen LogP contribution in [0.1, 0.15) is 51.6 Å². The van der Waals surface area contributed by atoms with Crippen LogP contribution in [0.15, 0.2) is 54.7 Å². The van der Waals surface area contributed by atoms with E-state index in [1.807, 2.05) is 59.4 Å². The lowest BCUT2D eigenvalue weighted by Gasteiger charge is -2.25. The fraction of sp³-hybridized carbons (Fsp3) is 0.292. The van der Waals surface area contributed by atoms with Crippen LogP contribution in [0.25, 0.3) is 0 Å². The smallest absolute Gasteiger partial charge is 0.254 e. The Morgan fingerprint density at radius 1 is 1.16 bits per heavy atom. The molecule has 2 aliphatic rings. The Hall–Kier alpha value is -3.12. The molecule has 1 N–H and O–H groups in total. The summed E-state index contributed by atoms with van der Waals surface area (Å²) in [5.74, 6) is -0.213. The summed E-state index contributed by atoms with van der Waals surface area (Å²) in [7, 11) is 0. The van der Waals surface area contributed by atoms with Crippen LogP contribution in [0.3, 0.4) is 0 Å². The lowest BCUT2D eigenvalue weighted by molar-refractivity contribution is -0.122. The molecule has 0 saturated heterocycles. The Morgan fingerprint density at radius 2 is 1.97 bits per heavy atom. The first-order chi connectivity index (χ1) is 15.1. The summed E-state index contributed by atoms with van der Waals surface area (Å²) in [4.78, 5) is 26.9. The summed E-state index contributed by atoms with van der Waals surface area (Å²) in [5, 5.41) is 8.43. The summed E-state index contributed by atoms with van der Waals surface area (Å²) in [6.07, 6.45) is 4.67. The first-order valence-corrected chi connectivity index (χ1v) is 10.9. The van der Waals surface area contributed by atoms with Crippen LogP contribution in [-0.4, -0.2) is 33.0 Å². The predicted molar refractivity (Wildman–Crippen MR) is 118 cm³/mol. The maximum absolute atomic E-state index is 12.8. The second-order valence-corrected chi connectivity index (χ2v) is 8.60. The molecule has 1 atom stereocenters. The number of nitrogens with zero attached hydrogens (tertiary/aromatic N) is 3. The van der Waals surface area contributed by atoms with Crippen molar-refractivity contribution in [3.8, 4) is 0 Å². The molecule has 1 aliphatic carbocycles. The van der Waals surface area contributed by atoms with E-state index < -0.39 is 0 Å². The van der Waals surface area contributed by atoms with Gasteiger partial charge in [0, 0.05) is 28.4 Å². The minimum absolute atomic E-state index is 0.0677. The molecule has 2 heterocycles. The third-order valence-electron chi connectivity index (χ3n) is 6.07. The molecule has 0 spiro atoms. The van der Waals surface area contributed by atoms with Crippen molar-refractivity contribution in [1.82, 2.24) is 20.0 Å². The molecule has 0 fully saturated rings. The quantitative estimate of drug-likeness (QED) is 0.665. The average molecular weight is 435 g/mol. The first kappa shape index (κ1) is 19.8. The second-order valence-electron chi connectivity index (χ2n) is 8.16. The number of hydrogen-bond donors (Lipinski definition) is 1. The molecule has 158 valence electrons. The van der Waals surface area contributed by atoms with Gasteiger partial charge >= 0.3 is 0 Å². The molecular weight excluding hydrogens is 412 g/mol. The zero-order valence-corrected chi connectivity index (χ0v) is 17.8. The van der Waals surface area contributed by atoms with E-state index in [-0.39, 0.29) is 24.4 Å². The highest BCUT2D eigenvalue weighted by atomic mass is 35.5. The highest BCUT2D eigenvalue weighted by Gasteiger charge is 2.30. The van der Waals surface area contributed by atoms with Gasteiger partial charge in [-0.15, -0.1) is 0 Å². The molecule has 0 radical (unpaired) electrons. The second kappa shape index (κ2) is 8.19. The molecule has 5 rings (SSSR count). The van der Waals surface area contributed by atoms with Gasteiger partial charge in [-0.2, -0.15) is 5.10 Å². The number of carbonyl (C=O) groups excluding carboxylic acids is 2. The molecule has 6 nitrogen and oxygen atoms in total. The molecule has 1 unspecified atom stereocenters. The number of amides is 2. The molecule has 0 bridgehead atoms. The van der Waals surface area contributed by atoms with Crippen LogP contribution in [0.4, 0.5) is 0 Å². The van der Waals surface area contributed by atoms with Crippen molar-refractivity contribution in [2.24, 2.45) is 0 Å². The number of nitrogens with one attached hydrogen (secondary N) is 1. The summed E-state index contributed by atoms with van der Waals surface area (Å²) in [6.45, 7) is 1.23. The van der Waals surface area contributed by atoms with Crippen molar-refractivity contribution in [1.29, 1.82) is 0 Å². The largest absolute Gasteiger partial charge is 0.348 e. The van der Waals surface area contributed by atoms with Crippen LogP contribution in [0.2, 0.25) is 5.02 Å². The van der Waals surface area contributed by atoms with Crippen LogP contribution >= 0.6 is 11.6 Å². The Morgan fingerprint density at radius 3 is 2.77 bits per heavy atom. The lowest BCUT2D eigenvalue weighted by Crippen LogP contribution is -2.39. The maximum Gasteiger partial charge on any atom is 0.254 e. The Bertz CT molecular complexity index is 1140. The van der Waals surface area contributed by atoms with Gasteiger partial charge < -0.3 is 10.2 Å². The number of fused-ring (bicyclic) bond motifs is 2. The summed E-state index contributed by atoms with van der Waals surface area (Å²) in [6, 6.07) is 15.2. The minimum atomic E-state index is -0.135. The van der Waals surface area contributed by atoms with E-state index in [9.17, 15) is 9.59 Å². The highest BCUT2D eigenvalue weighted by molar-refractivity contribution is 6.30. The molecular formula is C24H23ClN4O2. The summed E-state index contributed by atoms with van der Waals surface area (Å²) < 4.78 is 2.01. The molecule has 0 saturated carbocycles. The zero-order chi connectivity index (χ0) is 21.4.